The number of nitrogens with zero attached hydrogens (tertiary/aromatic N) is 2. The molecule has 0 saturated carbocycles. The molecule has 1 aliphatic heterocycles. The van der Waals surface area contributed by atoms with Crippen molar-refractivity contribution in [1.82, 2.24) is 15.1 Å². The van der Waals surface area contributed by atoms with Gasteiger partial charge in [-0.3, -0.25) is 9.89 Å². The number of phenolic OH excluding ortho intramolecular Hbond substituents is 1. The van der Waals surface area contributed by atoms with E-state index in [4.69, 9.17) is 16.3 Å². The van der Waals surface area contributed by atoms with E-state index in [0.29, 0.717) is 35.1 Å². The number of H-pyrrole nitrogens is 1. The van der Waals surface area contributed by atoms with Gasteiger partial charge in [-0.25, -0.2) is 0 Å². The normalized spacial score (nSPS) is 15.1. The van der Waals surface area contributed by atoms with Gasteiger partial charge in [0.15, 0.2) is 0 Å². The fourth-order valence-electron chi connectivity index (χ4n) is 4.27. The number of halogens is 1. The third-order valence-corrected chi connectivity index (χ3v) is 6.37. The molecule has 6 nitrogen and oxygen atoms in total. The molecule has 0 fully saturated rings. The molecule has 7 heteroatoms. The highest BCUT2D eigenvalue weighted by Gasteiger charge is 2.42. The average molecular weight is 466 g/mol. The summed E-state index contributed by atoms with van der Waals surface area (Å²) in [6.45, 7) is 8.71. The Morgan fingerprint density at radius 2 is 2.03 bits per heavy atom. The van der Waals surface area contributed by atoms with Crippen LogP contribution in [-0.2, 0) is 0 Å². The molecular formula is C26H28ClN3O3. The van der Waals surface area contributed by atoms with Crippen LogP contribution in [0, 0.1) is 6.92 Å². The zero-order valence-electron chi connectivity index (χ0n) is 18.9. The highest BCUT2D eigenvalue weighted by Crippen LogP contribution is 2.45. The number of phenols is 1. The van der Waals surface area contributed by atoms with Crippen molar-refractivity contribution in [2.45, 2.75) is 39.2 Å². The highest BCUT2D eigenvalue weighted by molar-refractivity contribution is 6.31. The minimum atomic E-state index is -0.328. The number of unbranched alkanes of at least 4 members (excludes halogenated alkanes) is 2. The number of hydrogen-bond acceptors (Lipinski definition) is 4. The largest absolute Gasteiger partial charge is 0.507 e. The van der Waals surface area contributed by atoms with E-state index in [1.54, 1.807) is 18.2 Å². The van der Waals surface area contributed by atoms with E-state index in [-0.39, 0.29) is 17.7 Å². The number of rotatable bonds is 9. The van der Waals surface area contributed by atoms with Crippen LogP contribution in [0.4, 0.5) is 0 Å². The average Bonchev–Trinajstić information content (AvgIpc) is 3.34. The van der Waals surface area contributed by atoms with Gasteiger partial charge < -0.3 is 14.7 Å². The van der Waals surface area contributed by atoms with Crippen LogP contribution in [-0.4, -0.2) is 39.3 Å². The maximum Gasteiger partial charge on any atom is 0.273 e. The molecule has 2 N–H and O–H groups in total. The van der Waals surface area contributed by atoms with Gasteiger partial charge in [0.05, 0.1) is 6.04 Å². The fraction of sp³-hybridized carbons (Fsp3) is 0.308. The van der Waals surface area contributed by atoms with Crippen LogP contribution >= 0.6 is 11.6 Å². The Labute approximate surface area is 198 Å². The standard InChI is InChI=1S/C26H28ClN3O3/c1-4-6-7-12-30-25(17-8-10-18(11-9-17)33-13-5-2)22-23(28-29-24(22)26(30)32)19-15-20(27)16(3)14-21(19)31/h5,8-11,14-15,25,31H,2,4,6-7,12-13H2,1,3H3,(H,28,29). The van der Waals surface area contributed by atoms with Gasteiger partial charge in [-0.1, -0.05) is 56.2 Å². The van der Waals surface area contributed by atoms with Gasteiger partial charge in [0.25, 0.3) is 5.91 Å². The number of ether oxygens (including phenoxy) is 1. The number of benzene rings is 2. The van der Waals surface area contributed by atoms with Gasteiger partial charge in [0.1, 0.15) is 29.5 Å². The topological polar surface area (TPSA) is 78.5 Å². The van der Waals surface area contributed by atoms with Crippen molar-refractivity contribution in [2.75, 3.05) is 13.2 Å². The molecule has 2 aromatic carbocycles. The lowest BCUT2D eigenvalue weighted by Gasteiger charge is -2.26. The maximum absolute atomic E-state index is 13.4. The van der Waals surface area contributed by atoms with E-state index in [1.807, 2.05) is 36.1 Å². The summed E-state index contributed by atoms with van der Waals surface area (Å²) in [6.07, 6.45) is 4.71. The van der Waals surface area contributed by atoms with E-state index in [9.17, 15) is 9.90 Å². The Bertz CT molecular complexity index is 1170. The van der Waals surface area contributed by atoms with Crippen molar-refractivity contribution < 1.29 is 14.6 Å². The van der Waals surface area contributed by atoms with Crippen LogP contribution in [0.5, 0.6) is 11.5 Å². The van der Waals surface area contributed by atoms with Gasteiger partial charge in [-0.15, -0.1) is 0 Å². The number of aromatic hydroxyl groups is 1. The molecule has 1 aliphatic rings. The van der Waals surface area contributed by atoms with E-state index in [1.165, 1.54) is 0 Å². The lowest BCUT2D eigenvalue weighted by molar-refractivity contribution is 0.0740. The van der Waals surface area contributed by atoms with Crippen LogP contribution in [0.3, 0.4) is 0 Å². The van der Waals surface area contributed by atoms with Crippen molar-refractivity contribution in [2.24, 2.45) is 0 Å². The van der Waals surface area contributed by atoms with E-state index in [2.05, 4.69) is 23.7 Å². The second-order valence-electron chi connectivity index (χ2n) is 8.26. The number of carbonyl (C=O) groups is 1. The van der Waals surface area contributed by atoms with Crippen molar-refractivity contribution in [3.05, 3.63) is 76.5 Å². The van der Waals surface area contributed by atoms with E-state index < -0.39 is 0 Å². The predicted molar refractivity (Wildman–Crippen MR) is 130 cm³/mol. The van der Waals surface area contributed by atoms with E-state index >= 15 is 0 Å². The zero-order valence-corrected chi connectivity index (χ0v) is 19.7. The van der Waals surface area contributed by atoms with Gasteiger partial charge in [0.2, 0.25) is 0 Å². The smallest absolute Gasteiger partial charge is 0.273 e. The number of carbonyl (C=O) groups excluding carboxylic acids is 1. The number of nitrogens with one attached hydrogen (secondary N) is 1. The van der Waals surface area contributed by atoms with Crippen LogP contribution < -0.4 is 4.74 Å². The summed E-state index contributed by atoms with van der Waals surface area (Å²) in [5, 5.41) is 18.5. The zero-order chi connectivity index (χ0) is 23.5. The van der Waals surface area contributed by atoms with Gasteiger partial charge >= 0.3 is 0 Å². The Morgan fingerprint density at radius 1 is 1.27 bits per heavy atom. The Balaban J connectivity index is 1.80. The van der Waals surface area contributed by atoms with Crippen molar-refractivity contribution >= 4 is 17.5 Å². The Morgan fingerprint density at radius 3 is 2.73 bits per heavy atom. The summed E-state index contributed by atoms with van der Waals surface area (Å²) in [5.41, 5.74) is 3.97. The molecule has 0 bridgehead atoms. The molecule has 4 rings (SSSR count). The lowest BCUT2D eigenvalue weighted by Crippen LogP contribution is -2.30. The molecule has 172 valence electrons. The number of aromatic nitrogens is 2. The maximum atomic E-state index is 13.4. The number of hydrogen-bond donors (Lipinski definition) is 2. The monoisotopic (exact) mass is 465 g/mol. The quantitative estimate of drug-likeness (QED) is 0.298. The first-order chi connectivity index (χ1) is 16.0. The molecule has 0 saturated heterocycles. The first kappa shape index (κ1) is 22.9. The summed E-state index contributed by atoms with van der Waals surface area (Å²) >= 11 is 6.36. The minimum Gasteiger partial charge on any atom is -0.507 e. The minimum absolute atomic E-state index is 0.0787. The van der Waals surface area contributed by atoms with E-state index in [0.717, 1.165) is 41.7 Å². The summed E-state index contributed by atoms with van der Waals surface area (Å²) in [7, 11) is 0. The summed E-state index contributed by atoms with van der Waals surface area (Å²) in [4.78, 5) is 15.2. The second kappa shape index (κ2) is 9.71. The Hall–Kier alpha value is -3.25. The predicted octanol–water partition coefficient (Wildman–Crippen LogP) is 6.04. The first-order valence-corrected chi connectivity index (χ1v) is 11.6. The number of amides is 1. The van der Waals surface area contributed by atoms with Crippen molar-refractivity contribution in [3.8, 4) is 22.8 Å². The fourth-order valence-corrected chi connectivity index (χ4v) is 4.43. The summed E-state index contributed by atoms with van der Waals surface area (Å²) < 4.78 is 5.62. The third-order valence-electron chi connectivity index (χ3n) is 5.96. The highest BCUT2D eigenvalue weighted by atomic mass is 35.5. The number of fused-ring (bicyclic) bond motifs is 1. The van der Waals surface area contributed by atoms with Crippen molar-refractivity contribution in [1.29, 1.82) is 0 Å². The summed E-state index contributed by atoms with van der Waals surface area (Å²) in [5.74, 6) is 0.723. The molecule has 1 aromatic heterocycles. The Kier molecular flexibility index (Phi) is 6.75. The molecule has 0 aliphatic carbocycles. The molecule has 33 heavy (non-hydrogen) atoms. The van der Waals surface area contributed by atoms with Crippen molar-refractivity contribution in [3.63, 3.8) is 0 Å². The van der Waals surface area contributed by atoms with Crippen LogP contribution in [0.1, 0.15) is 59.4 Å². The molecular weight excluding hydrogens is 438 g/mol. The van der Waals surface area contributed by atoms with Crippen LogP contribution in [0.25, 0.3) is 11.3 Å². The number of aromatic amines is 1. The van der Waals surface area contributed by atoms with Crippen LogP contribution in [0.15, 0.2) is 49.1 Å². The molecule has 0 radical (unpaired) electrons. The first-order valence-electron chi connectivity index (χ1n) is 11.2. The molecule has 1 amide bonds. The van der Waals surface area contributed by atoms with Gasteiger partial charge in [-0.05, 0) is 48.7 Å². The summed E-state index contributed by atoms with van der Waals surface area (Å²) in [6, 6.07) is 10.7. The molecule has 1 atom stereocenters. The molecule has 1 unspecified atom stereocenters. The molecule has 2 heterocycles. The van der Waals surface area contributed by atoms with Gasteiger partial charge in [0, 0.05) is 22.7 Å². The SMILES string of the molecule is C=CCOc1ccc(C2c3c(-c4cc(Cl)c(C)cc4O)n[nH]c3C(=O)N2CCCCC)cc1. The molecule has 0 spiro atoms. The third kappa shape index (κ3) is 4.35. The number of aryl methyl sites for hydroxylation is 1. The molecule has 3 aromatic rings. The van der Waals surface area contributed by atoms with Crippen LogP contribution in [0.2, 0.25) is 5.02 Å². The van der Waals surface area contributed by atoms with Gasteiger partial charge in [-0.2, -0.15) is 5.10 Å². The lowest BCUT2D eigenvalue weighted by atomic mass is 9.95. The second-order valence-corrected chi connectivity index (χ2v) is 8.66.